The Bertz CT molecular complexity index is 304. The van der Waals surface area contributed by atoms with Crippen LogP contribution >= 0.6 is 15.9 Å². The summed E-state index contributed by atoms with van der Waals surface area (Å²) in [7, 11) is 1.77. The zero-order valence-electron chi connectivity index (χ0n) is 7.07. The molecule has 0 aliphatic carbocycles. The van der Waals surface area contributed by atoms with Crippen molar-refractivity contribution < 1.29 is 9.90 Å². The zero-order valence-corrected chi connectivity index (χ0v) is 8.65. The monoisotopic (exact) mass is 247 g/mol. The van der Waals surface area contributed by atoms with Crippen LogP contribution in [0.15, 0.2) is 10.9 Å². The second-order valence-corrected chi connectivity index (χ2v) is 3.49. The van der Waals surface area contributed by atoms with E-state index in [2.05, 4.69) is 20.9 Å². The number of halogens is 1. The fourth-order valence-corrected chi connectivity index (χ4v) is 1.78. The van der Waals surface area contributed by atoms with Crippen LogP contribution in [0.3, 0.4) is 0 Å². The molecule has 1 aromatic heterocycles. The summed E-state index contributed by atoms with van der Waals surface area (Å²) in [5.74, 6) is -0.916. The van der Waals surface area contributed by atoms with Crippen molar-refractivity contribution in [3.8, 4) is 0 Å². The number of carboxylic acid groups (broad SMARTS) is 1. The maximum atomic E-state index is 10.4. The second kappa shape index (κ2) is 3.89. The Labute approximate surface area is 83.7 Å². The van der Waals surface area contributed by atoms with Gasteiger partial charge in [-0.25, -0.2) is 4.98 Å². The molecule has 3 N–H and O–H groups in total. The van der Waals surface area contributed by atoms with Gasteiger partial charge in [0.15, 0.2) is 0 Å². The van der Waals surface area contributed by atoms with Crippen molar-refractivity contribution in [1.82, 2.24) is 9.55 Å². The number of nitrogens with two attached hydrogens (primary N) is 1. The second-order valence-electron chi connectivity index (χ2n) is 2.74. The summed E-state index contributed by atoms with van der Waals surface area (Å²) in [4.78, 5) is 14.4. The molecule has 1 atom stereocenters. The first-order chi connectivity index (χ1) is 6.02. The normalized spacial score (nSPS) is 12.8. The van der Waals surface area contributed by atoms with Crippen molar-refractivity contribution in [2.75, 3.05) is 0 Å². The van der Waals surface area contributed by atoms with E-state index in [1.54, 1.807) is 17.9 Å². The van der Waals surface area contributed by atoms with Crippen LogP contribution in [0, 0.1) is 0 Å². The molecular formula is C7H10BrN3O2. The average Bonchev–Trinajstić information content (AvgIpc) is 2.29. The molecule has 1 aromatic rings. The van der Waals surface area contributed by atoms with E-state index in [1.807, 2.05) is 0 Å². The SMILES string of the molecule is Cn1cnc(Br)c1C(N)CC(=O)O. The molecule has 0 bridgehead atoms. The van der Waals surface area contributed by atoms with Gasteiger partial charge in [-0.15, -0.1) is 0 Å². The minimum Gasteiger partial charge on any atom is -0.481 e. The van der Waals surface area contributed by atoms with Crippen molar-refractivity contribution in [2.45, 2.75) is 12.5 Å². The van der Waals surface area contributed by atoms with Gasteiger partial charge in [0, 0.05) is 7.05 Å². The Kier molecular flexibility index (Phi) is 3.05. The van der Waals surface area contributed by atoms with Crippen LogP contribution in [0.4, 0.5) is 0 Å². The van der Waals surface area contributed by atoms with Gasteiger partial charge in [0.2, 0.25) is 0 Å². The summed E-state index contributed by atoms with van der Waals surface area (Å²) in [6.07, 6.45) is 1.49. The van der Waals surface area contributed by atoms with Gasteiger partial charge in [0.1, 0.15) is 4.60 Å². The number of hydrogen-bond donors (Lipinski definition) is 2. The maximum Gasteiger partial charge on any atom is 0.305 e. The third kappa shape index (κ3) is 2.28. The fourth-order valence-electron chi connectivity index (χ4n) is 1.11. The van der Waals surface area contributed by atoms with Gasteiger partial charge < -0.3 is 15.4 Å². The lowest BCUT2D eigenvalue weighted by Gasteiger charge is -2.09. The molecule has 0 fully saturated rings. The van der Waals surface area contributed by atoms with Crippen molar-refractivity contribution in [3.63, 3.8) is 0 Å². The lowest BCUT2D eigenvalue weighted by Crippen LogP contribution is -2.18. The summed E-state index contributed by atoms with van der Waals surface area (Å²) in [5, 5.41) is 8.54. The molecule has 0 aliphatic heterocycles. The first-order valence-electron chi connectivity index (χ1n) is 3.66. The van der Waals surface area contributed by atoms with Crippen LogP contribution in [0.25, 0.3) is 0 Å². The largest absolute Gasteiger partial charge is 0.481 e. The number of aromatic nitrogens is 2. The highest BCUT2D eigenvalue weighted by atomic mass is 79.9. The van der Waals surface area contributed by atoms with Gasteiger partial charge in [-0.1, -0.05) is 0 Å². The van der Waals surface area contributed by atoms with Crippen molar-refractivity contribution in [1.29, 1.82) is 0 Å². The van der Waals surface area contributed by atoms with Crippen molar-refractivity contribution in [3.05, 3.63) is 16.6 Å². The Morgan fingerprint density at radius 3 is 2.92 bits per heavy atom. The topological polar surface area (TPSA) is 81.1 Å². The van der Waals surface area contributed by atoms with Gasteiger partial charge in [0.05, 0.1) is 24.5 Å². The molecule has 0 aliphatic rings. The van der Waals surface area contributed by atoms with Crippen molar-refractivity contribution >= 4 is 21.9 Å². The third-order valence-corrected chi connectivity index (χ3v) is 2.29. The molecule has 0 saturated heterocycles. The molecular weight excluding hydrogens is 238 g/mol. The van der Waals surface area contributed by atoms with E-state index in [0.717, 1.165) is 0 Å². The van der Waals surface area contributed by atoms with E-state index in [4.69, 9.17) is 10.8 Å². The van der Waals surface area contributed by atoms with Gasteiger partial charge >= 0.3 is 5.97 Å². The molecule has 72 valence electrons. The smallest absolute Gasteiger partial charge is 0.305 e. The Morgan fingerprint density at radius 1 is 1.92 bits per heavy atom. The highest BCUT2D eigenvalue weighted by Gasteiger charge is 2.17. The van der Waals surface area contributed by atoms with Gasteiger partial charge in [-0.2, -0.15) is 0 Å². The number of aryl methyl sites for hydroxylation is 1. The number of rotatable bonds is 3. The first kappa shape index (κ1) is 10.2. The predicted octanol–water partition coefficient (Wildman–Crippen LogP) is 0.657. The molecule has 0 amide bonds. The number of carboxylic acids is 1. The van der Waals surface area contributed by atoms with Crippen LogP contribution in [0.5, 0.6) is 0 Å². The standard InChI is InChI=1S/C7H10BrN3O2/c1-11-3-10-7(8)6(11)4(9)2-5(12)13/h3-4H,2,9H2,1H3,(H,12,13). The van der Waals surface area contributed by atoms with E-state index < -0.39 is 12.0 Å². The van der Waals surface area contributed by atoms with Crippen LogP contribution < -0.4 is 5.73 Å². The molecule has 1 rings (SSSR count). The highest BCUT2D eigenvalue weighted by Crippen LogP contribution is 2.21. The van der Waals surface area contributed by atoms with E-state index in [-0.39, 0.29) is 6.42 Å². The summed E-state index contributed by atoms with van der Waals surface area (Å²) < 4.78 is 2.31. The molecule has 5 nitrogen and oxygen atoms in total. The highest BCUT2D eigenvalue weighted by molar-refractivity contribution is 9.10. The van der Waals surface area contributed by atoms with Crippen LogP contribution in [-0.2, 0) is 11.8 Å². The number of aliphatic carboxylic acids is 1. The Hall–Kier alpha value is -0.880. The summed E-state index contributed by atoms with van der Waals surface area (Å²) in [5.41, 5.74) is 6.37. The third-order valence-electron chi connectivity index (χ3n) is 1.68. The van der Waals surface area contributed by atoms with E-state index in [0.29, 0.717) is 10.3 Å². The minimum absolute atomic E-state index is 0.0991. The van der Waals surface area contributed by atoms with Crippen molar-refractivity contribution in [2.24, 2.45) is 12.8 Å². The predicted molar refractivity (Wildman–Crippen MR) is 50.1 cm³/mol. The molecule has 1 heterocycles. The molecule has 0 aromatic carbocycles. The molecule has 13 heavy (non-hydrogen) atoms. The van der Waals surface area contributed by atoms with Crippen LogP contribution in [-0.4, -0.2) is 20.6 Å². The van der Waals surface area contributed by atoms with E-state index >= 15 is 0 Å². The maximum absolute atomic E-state index is 10.4. The van der Waals surface area contributed by atoms with Crippen LogP contribution in [0.1, 0.15) is 18.2 Å². The quantitative estimate of drug-likeness (QED) is 0.823. The van der Waals surface area contributed by atoms with E-state index in [1.165, 1.54) is 0 Å². The average molecular weight is 248 g/mol. The van der Waals surface area contributed by atoms with E-state index in [9.17, 15) is 4.79 Å². The summed E-state index contributed by atoms with van der Waals surface area (Å²) in [6.45, 7) is 0. The first-order valence-corrected chi connectivity index (χ1v) is 4.45. The van der Waals surface area contributed by atoms with Crippen LogP contribution in [0.2, 0.25) is 0 Å². The molecule has 1 unspecified atom stereocenters. The number of nitrogens with zero attached hydrogens (tertiary/aromatic N) is 2. The minimum atomic E-state index is -0.916. The summed E-state index contributed by atoms with van der Waals surface area (Å²) >= 11 is 3.20. The molecule has 6 heteroatoms. The lowest BCUT2D eigenvalue weighted by molar-refractivity contribution is -0.137. The Morgan fingerprint density at radius 2 is 2.54 bits per heavy atom. The Balaban J connectivity index is 2.87. The number of hydrogen-bond acceptors (Lipinski definition) is 3. The van der Waals surface area contributed by atoms with Gasteiger partial charge in [-0.05, 0) is 15.9 Å². The fraction of sp³-hybridized carbons (Fsp3) is 0.429. The summed E-state index contributed by atoms with van der Waals surface area (Å²) in [6, 6.07) is -0.528. The lowest BCUT2D eigenvalue weighted by atomic mass is 10.1. The van der Waals surface area contributed by atoms with Gasteiger partial charge in [0.25, 0.3) is 0 Å². The van der Waals surface area contributed by atoms with Gasteiger partial charge in [-0.3, -0.25) is 4.79 Å². The zero-order chi connectivity index (χ0) is 10.0. The number of carbonyl (C=O) groups is 1. The molecule has 0 radical (unpaired) electrons. The molecule has 0 saturated carbocycles. The molecule has 0 spiro atoms. The number of imidazole rings is 1.